The van der Waals surface area contributed by atoms with Gasteiger partial charge in [0.2, 0.25) is 0 Å². The molecule has 110 valence electrons. The number of amides is 1. The summed E-state index contributed by atoms with van der Waals surface area (Å²) in [6.07, 6.45) is 0.131. The van der Waals surface area contributed by atoms with Crippen molar-refractivity contribution in [2.45, 2.75) is 20.3 Å². The number of nitrogens with two attached hydrogens (primary N) is 1. The van der Waals surface area contributed by atoms with Gasteiger partial charge in [0.05, 0.1) is 30.9 Å². The summed E-state index contributed by atoms with van der Waals surface area (Å²) in [7, 11) is 0. The first-order chi connectivity index (χ1) is 9.60. The molecule has 0 saturated carbocycles. The van der Waals surface area contributed by atoms with Crippen LogP contribution in [0.2, 0.25) is 0 Å². The van der Waals surface area contributed by atoms with Crippen LogP contribution in [0.15, 0.2) is 18.2 Å². The van der Waals surface area contributed by atoms with E-state index in [0.29, 0.717) is 30.2 Å². The van der Waals surface area contributed by atoms with Crippen molar-refractivity contribution >= 4 is 17.6 Å². The van der Waals surface area contributed by atoms with Gasteiger partial charge < -0.3 is 20.5 Å². The first-order valence-electron chi connectivity index (χ1n) is 6.55. The van der Waals surface area contributed by atoms with Gasteiger partial charge in [-0.15, -0.1) is 0 Å². The van der Waals surface area contributed by atoms with Crippen LogP contribution in [-0.4, -0.2) is 31.6 Å². The van der Waals surface area contributed by atoms with Gasteiger partial charge in [-0.05, 0) is 26.0 Å². The van der Waals surface area contributed by atoms with Crippen molar-refractivity contribution in [1.29, 1.82) is 0 Å². The highest BCUT2D eigenvalue weighted by Crippen LogP contribution is 2.26. The smallest absolute Gasteiger partial charge is 0.307 e. The number of hydrogen-bond donors (Lipinski definition) is 2. The van der Waals surface area contributed by atoms with E-state index in [9.17, 15) is 9.59 Å². The van der Waals surface area contributed by atoms with Gasteiger partial charge in [0.1, 0.15) is 0 Å². The molecule has 0 saturated heterocycles. The van der Waals surface area contributed by atoms with E-state index >= 15 is 0 Å². The Kier molecular flexibility index (Phi) is 6.36. The molecule has 0 atom stereocenters. The van der Waals surface area contributed by atoms with E-state index in [2.05, 4.69) is 5.32 Å². The third-order valence-electron chi connectivity index (χ3n) is 2.50. The second-order valence-corrected chi connectivity index (χ2v) is 3.97. The number of benzene rings is 1. The zero-order valence-electron chi connectivity index (χ0n) is 11.8. The monoisotopic (exact) mass is 280 g/mol. The van der Waals surface area contributed by atoms with Crippen LogP contribution >= 0.6 is 0 Å². The third kappa shape index (κ3) is 4.46. The van der Waals surface area contributed by atoms with Crippen molar-refractivity contribution in [2.75, 3.05) is 25.5 Å². The van der Waals surface area contributed by atoms with Crippen LogP contribution in [0.25, 0.3) is 0 Å². The predicted molar refractivity (Wildman–Crippen MR) is 75.6 cm³/mol. The molecule has 3 N–H and O–H groups in total. The van der Waals surface area contributed by atoms with Crippen molar-refractivity contribution in [3.63, 3.8) is 0 Å². The Morgan fingerprint density at radius 2 is 2.00 bits per heavy atom. The molecular weight excluding hydrogens is 260 g/mol. The fraction of sp³-hybridized carbons (Fsp3) is 0.429. The van der Waals surface area contributed by atoms with E-state index < -0.39 is 0 Å². The van der Waals surface area contributed by atoms with Crippen molar-refractivity contribution < 1.29 is 19.1 Å². The normalized spacial score (nSPS) is 9.90. The van der Waals surface area contributed by atoms with Gasteiger partial charge >= 0.3 is 5.97 Å². The topological polar surface area (TPSA) is 90.7 Å². The highest BCUT2D eigenvalue weighted by Gasteiger charge is 2.14. The maximum Gasteiger partial charge on any atom is 0.307 e. The number of carbonyl (C=O) groups excluding carboxylic acids is 2. The van der Waals surface area contributed by atoms with Crippen molar-refractivity contribution in [2.24, 2.45) is 0 Å². The molecule has 0 radical (unpaired) electrons. The lowest BCUT2D eigenvalue weighted by Crippen LogP contribution is -2.27. The van der Waals surface area contributed by atoms with Gasteiger partial charge in [-0.2, -0.15) is 0 Å². The number of rotatable bonds is 7. The summed E-state index contributed by atoms with van der Waals surface area (Å²) in [5.74, 6) is -0.306. The van der Waals surface area contributed by atoms with E-state index in [4.69, 9.17) is 15.2 Å². The summed E-state index contributed by atoms with van der Waals surface area (Å²) in [5, 5.41) is 2.64. The summed E-state index contributed by atoms with van der Waals surface area (Å²) in [6, 6.07) is 4.97. The molecule has 1 amide bonds. The summed E-state index contributed by atoms with van der Waals surface area (Å²) >= 11 is 0. The summed E-state index contributed by atoms with van der Waals surface area (Å²) in [6.45, 7) is 4.50. The standard InChI is InChI=1S/C14H20N2O4/c1-3-19-12(17)8-9-16-14(18)10-6-5-7-11(15)13(10)20-4-2/h5-7H,3-4,8-9,15H2,1-2H3,(H,16,18). The maximum absolute atomic E-state index is 12.0. The Morgan fingerprint density at radius 3 is 2.65 bits per heavy atom. The zero-order chi connectivity index (χ0) is 15.0. The molecule has 0 aliphatic heterocycles. The molecule has 0 spiro atoms. The Morgan fingerprint density at radius 1 is 1.25 bits per heavy atom. The van der Waals surface area contributed by atoms with Gasteiger partial charge in [0.25, 0.3) is 5.91 Å². The molecule has 1 aromatic rings. The quantitative estimate of drug-likeness (QED) is 0.581. The minimum Gasteiger partial charge on any atom is -0.491 e. The largest absolute Gasteiger partial charge is 0.491 e. The fourth-order valence-corrected chi connectivity index (χ4v) is 1.65. The molecule has 0 fully saturated rings. The lowest BCUT2D eigenvalue weighted by atomic mass is 10.1. The number of nitrogens with one attached hydrogen (secondary N) is 1. The van der Waals surface area contributed by atoms with Crippen LogP contribution in [0.5, 0.6) is 5.75 Å². The summed E-state index contributed by atoms with van der Waals surface area (Å²) in [5.41, 5.74) is 6.55. The van der Waals surface area contributed by atoms with Gasteiger partial charge in [0.15, 0.2) is 5.75 Å². The van der Waals surface area contributed by atoms with Crippen LogP contribution in [0.1, 0.15) is 30.6 Å². The first-order valence-corrected chi connectivity index (χ1v) is 6.55. The second kappa shape index (κ2) is 8.04. The number of para-hydroxylation sites is 1. The molecule has 0 aliphatic carbocycles. The van der Waals surface area contributed by atoms with Crippen LogP contribution in [0.3, 0.4) is 0 Å². The van der Waals surface area contributed by atoms with Crippen LogP contribution in [-0.2, 0) is 9.53 Å². The van der Waals surface area contributed by atoms with Gasteiger partial charge in [-0.1, -0.05) is 6.07 Å². The van der Waals surface area contributed by atoms with Crippen molar-refractivity contribution in [3.05, 3.63) is 23.8 Å². The number of nitrogen functional groups attached to an aromatic ring is 1. The molecule has 0 unspecified atom stereocenters. The minimum atomic E-state index is -0.342. The van der Waals surface area contributed by atoms with E-state index in [0.717, 1.165) is 0 Å². The number of esters is 1. The highest BCUT2D eigenvalue weighted by atomic mass is 16.5. The Bertz CT molecular complexity index is 474. The number of hydrogen-bond acceptors (Lipinski definition) is 5. The van der Waals surface area contributed by atoms with Gasteiger partial charge in [0, 0.05) is 6.54 Å². The summed E-state index contributed by atoms with van der Waals surface area (Å²) < 4.78 is 10.2. The molecule has 6 heteroatoms. The van der Waals surface area contributed by atoms with E-state index in [1.807, 2.05) is 6.92 Å². The van der Waals surface area contributed by atoms with Crippen LogP contribution in [0, 0.1) is 0 Å². The molecular formula is C14H20N2O4. The maximum atomic E-state index is 12.0. The molecule has 0 heterocycles. The van der Waals surface area contributed by atoms with Crippen molar-refractivity contribution in [1.82, 2.24) is 5.32 Å². The molecule has 6 nitrogen and oxygen atoms in total. The number of anilines is 1. The number of ether oxygens (including phenoxy) is 2. The van der Waals surface area contributed by atoms with Crippen LogP contribution in [0.4, 0.5) is 5.69 Å². The number of carbonyl (C=O) groups is 2. The highest BCUT2D eigenvalue weighted by molar-refractivity contribution is 5.98. The first kappa shape index (κ1) is 15.8. The molecule has 1 rings (SSSR count). The lowest BCUT2D eigenvalue weighted by Gasteiger charge is -2.12. The lowest BCUT2D eigenvalue weighted by molar-refractivity contribution is -0.142. The van der Waals surface area contributed by atoms with E-state index in [1.165, 1.54) is 0 Å². The van der Waals surface area contributed by atoms with E-state index in [-0.39, 0.29) is 24.8 Å². The van der Waals surface area contributed by atoms with Gasteiger partial charge in [-0.3, -0.25) is 9.59 Å². The van der Waals surface area contributed by atoms with Crippen LogP contribution < -0.4 is 15.8 Å². The molecule has 1 aromatic carbocycles. The second-order valence-electron chi connectivity index (χ2n) is 3.97. The third-order valence-corrected chi connectivity index (χ3v) is 2.50. The Labute approximate surface area is 118 Å². The average molecular weight is 280 g/mol. The predicted octanol–water partition coefficient (Wildman–Crippen LogP) is 1.35. The molecule has 0 aromatic heterocycles. The zero-order valence-corrected chi connectivity index (χ0v) is 11.8. The van der Waals surface area contributed by atoms with Gasteiger partial charge in [-0.25, -0.2) is 0 Å². The minimum absolute atomic E-state index is 0.131. The molecule has 20 heavy (non-hydrogen) atoms. The van der Waals surface area contributed by atoms with E-state index in [1.54, 1.807) is 25.1 Å². The Balaban J connectivity index is 2.63. The fourth-order valence-electron chi connectivity index (χ4n) is 1.65. The molecule has 0 aliphatic rings. The Hall–Kier alpha value is -2.24. The summed E-state index contributed by atoms with van der Waals surface area (Å²) in [4.78, 5) is 23.2. The van der Waals surface area contributed by atoms with Crippen molar-refractivity contribution in [3.8, 4) is 5.75 Å². The SMILES string of the molecule is CCOC(=O)CCNC(=O)c1cccc(N)c1OCC. The molecule has 0 bridgehead atoms. The average Bonchev–Trinajstić information content (AvgIpc) is 2.41.